The van der Waals surface area contributed by atoms with Gasteiger partial charge in [0.05, 0.1) is 6.61 Å². The van der Waals surface area contributed by atoms with E-state index >= 15 is 0 Å². The number of hydrogen-bond acceptors (Lipinski definition) is 3. The average molecular weight is 328 g/mol. The van der Waals surface area contributed by atoms with Gasteiger partial charge in [0.1, 0.15) is 0 Å². The Kier molecular flexibility index (Phi) is 4.59. The Morgan fingerprint density at radius 2 is 1.88 bits per heavy atom. The van der Waals surface area contributed by atoms with Crippen molar-refractivity contribution in [2.75, 3.05) is 13.2 Å². The number of amides is 1. The van der Waals surface area contributed by atoms with E-state index in [0.717, 1.165) is 51.9 Å². The van der Waals surface area contributed by atoms with Crippen molar-refractivity contribution < 1.29 is 9.53 Å². The molecule has 0 bridgehead atoms. The summed E-state index contributed by atoms with van der Waals surface area (Å²) in [6, 6.07) is 11.6. The standard InChI is InChI=1S/C20H28N2O2/c23-19-8-12-20(22(19)14-16-4-2-1-3-5-16)10-6-17(7-11-20)21-18-9-13-24-15-18/h1-5,17-18,21H,6-15H2/t17?,18-,20?/m0/s1. The molecule has 2 saturated heterocycles. The second kappa shape index (κ2) is 6.85. The van der Waals surface area contributed by atoms with Gasteiger partial charge in [0.15, 0.2) is 0 Å². The maximum atomic E-state index is 12.5. The molecular weight excluding hydrogens is 300 g/mol. The van der Waals surface area contributed by atoms with E-state index in [9.17, 15) is 4.79 Å². The SMILES string of the molecule is O=C1CCC2(CCC(N[C@H]3CCOC3)CC2)N1Cc1ccccc1. The summed E-state index contributed by atoms with van der Waals surface area (Å²) in [6.45, 7) is 2.53. The van der Waals surface area contributed by atoms with Crippen molar-refractivity contribution in [3.63, 3.8) is 0 Å². The normalized spacial score (nSPS) is 33.5. The van der Waals surface area contributed by atoms with Crippen LogP contribution < -0.4 is 5.32 Å². The molecule has 2 heterocycles. The van der Waals surface area contributed by atoms with Crippen LogP contribution in [-0.2, 0) is 16.1 Å². The van der Waals surface area contributed by atoms with Gasteiger partial charge in [-0.05, 0) is 44.1 Å². The molecule has 1 spiro atoms. The van der Waals surface area contributed by atoms with Crippen LogP contribution in [0.25, 0.3) is 0 Å². The van der Waals surface area contributed by atoms with E-state index in [1.54, 1.807) is 0 Å². The van der Waals surface area contributed by atoms with E-state index in [0.29, 0.717) is 18.0 Å². The summed E-state index contributed by atoms with van der Waals surface area (Å²) < 4.78 is 5.47. The Morgan fingerprint density at radius 3 is 2.58 bits per heavy atom. The van der Waals surface area contributed by atoms with Gasteiger partial charge in [0, 0.05) is 37.2 Å². The molecule has 3 aliphatic rings. The first-order chi connectivity index (χ1) is 11.8. The van der Waals surface area contributed by atoms with E-state index in [-0.39, 0.29) is 5.54 Å². The molecule has 1 N–H and O–H groups in total. The minimum atomic E-state index is 0.108. The van der Waals surface area contributed by atoms with E-state index < -0.39 is 0 Å². The van der Waals surface area contributed by atoms with Gasteiger partial charge in [-0.3, -0.25) is 4.79 Å². The minimum Gasteiger partial charge on any atom is -0.380 e. The van der Waals surface area contributed by atoms with Crippen molar-refractivity contribution >= 4 is 5.91 Å². The molecule has 0 aromatic heterocycles. The lowest BCUT2D eigenvalue weighted by atomic mass is 9.77. The maximum Gasteiger partial charge on any atom is 0.223 e. The van der Waals surface area contributed by atoms with E-state index in [2.05, 4.69) is 34.5 Å². The summed E-state index contributed by atoms with van der Waals surface area (Å²) in [4.78, 5) is 14.7. The Hall–Kier alpha value is -1.39. The smallest absolute Gasteiger partial charge is 0.223 e. The molecular formula is C20H28N2O2. The third kappa shape index (κ3) is 3.22. The molecule has 1 atom stereocenters. The molecule has 4 rings (SSSR count). The maximum absolute atomic E-state index is 12.5. The molecule has 24 heavy (non-hydrogen) atoms. The topological polar surface area (TPSA) is 41.6 Å². The number of carbonyl (C=O) groups is 1. The molecule has 2 aliphatic heterocycles. The van der Waals surface area contributed by atoms with Gasteiger partial charge in [-0.2, -0.15) is 0 Å². The summed E-state index contributed by atoms with van der Waals surface area (Å²) >= 11 is 0. The number of likely N-dealkylation sites (tertiary alicyclic amines) is 1. The minimum absolute atomic E-state index is 0.108. The number of benzene rings is 1. The monoisotopic (exact) mass is 328 g/mol. The summed E-state index contributed by atoms with van der Waals surface area (Å²) in [5, 5.41) is 3.77. The third-order valence-electron chi connectivity index (χ3n) is 6.18. The van der Waals surface area contributed by atoms with Gasteiger partial charge in [-0.15, -0.1) is 0 Å². The molecule has 1 aromatic rings. The van der Waals surface area contributed by atoms with Gasteiger partial charge < -0.3 is 15.0 Å². The zero-order valence-corrected chi connectivity index (χ0v) is 14.4. The van der Waals surface area contributed by atoms with Crippen LogP contribution in [0.2, 0.25) is 0 Å². The number of nitrogens with zero attached hydrogens (tertiary/aromatic N) is 1. The first-order valence-corrected chi connectivity index (χ1v) is 9.43. The summed E-state index contributed by atoms with van der Waals surface area (Å²) in [6.07, 6.45) is 7.53. The fourth-order valence-corrected chi connectivity index (χ4v) is 4.74. The second-order valence-corrected chi connectivity index (χ2v) is 7.69. The van der Waals surface area contributed by atoms with Crippen molar-refractivity contribution in [2.24, 2.45) is 0 Å². The summed E-state index contributed by atoms with van der Waals surface area (Å²) in [5.41, 5.74) is 1.35. The Bertz CT molecular complexity index is 560. The van der Waals surface area contributed by atoms with Gasteiger partial charge >= 0.3 is 0 Å². The first kappa shape index (κ1) is 16.1. The van der Waals surface area contributed by atoms with Crippen molar-refractivity contribution in [3.8, 4) is 0 Å². The molecule has 1 amide bonds. The lowest BCUT2D eigenvalue weighted by molar-refractivity contribution is -0.133. The molecule has 1 aromatic carbocycles. The van der Waals surface area contributed by atoms with Crippen LogP contribution in [0.4, 0.5) is 0 Å². The van der Waals surface area contributed by atoms with Crippen molar-refractivity contribution in [2.45, 2.75) is 69.1 Å². The molecule has 1 saturated carbocycles. The second-order valence-electron chi connectivity index (χ2n) is 7.69. The van der Waals surface area contributed by atoms with Crippen LogP contribution in [0, 0.1) is 0 Å². The Balaban J connectivity index is 1.39. The Labute approximate surface area is 144 Å². The molecule has 0 radical (unpaired) electrons. The molecule has 3 fully saturated rings. The van der Waals surface area contributed by atoms with E-state index in [1.807, 2.05) is 6.07 Å². The van der Waals surface area contributed by atoms with E-state index in [1.165, 1.54) is 18.4 Å². The predicted octanol–water partition coefficient (Wildman–Crippen LogP) is 2.87. The molecule has 130 valence electrons. The molecule has 4 heteroatoms. The van der Waals surface area contributed by atoms with Crippen molar-refractivity contribution in [1.29, 1.82) is 0 Å². The summed E-state index contributed by atoms with van der Waals surface area (Å²) in [7, 11) is 0. The fourth-order valence-electron chi connectivity index (χ4n) is 4.74. The van der Waals surface area contributed by atoms with Crippen molar-refractivity contribution in [1.82, 2.24) is 10.2 Å². The Morgan fingerprint density at radius 1 is 1.08 bits per heavy atom. The van der Waals surface area contributed by atoms with Gasteiger partial charge in [-0.25, -0.2) is 0 Å². The van der Waals surface area contributed by atoms with Crippen LogP contribution >= 0.6 is 0 Å². The highest BCUT2D eigenvalue weighted by molar-refractivity contribution is 5.79. The van der Waals surface area contributed by atoms with Gasteiger partial charge in [-0.1, -0.05) is 30.3 Å². The van der Waals surface area contributed by atoms with Crippen LogP contribution in [0.3, 0.4) is 0 Å². The fraction of sp³-hybridized carbons (Fsp3) is 0.650. The third-order valence-corrected chi connectivity index (χ3v) is 6.18. The van der Waals surface area contributed by atoms with Gasteiger partial charge in [0.25, 0.3) is 0 Å². The van der Waals surface area contributed by atoms with E-state index in [4.69, 9.17) is 4.74 Å². The molecule has 0 unspecified atom stereocenters. The molecule has 4 nitrogen and oxygen atoms in total. The van der Waals surface area contributed by atoms with Crippen LogP contribution in [-0.4, -0.2) is 41.6 Å². The lowest BCUT2D eigenvalue weighted by Gasteiger charge is -2.44. The highest BCUT2D eigenvalue weighted by Gasteiger charge is 2.47. The quantitative estimate of drug-likeness (QED) is 0.924. The highest BCUT2D eigenvalue weighted by atomic mass is 16.5. The van der Waals surface area contributed by atoms with Crippen LogP contribution in [0.5, 0.6) is 0 Å². The number of rotatable bonds is 4. The number of ether oxygens (including phenoxy) is 1. The zero-order valence-electron chi connectivity index (χ0n) is 14.4. The molecule has 1 aliphatic carbocycles. The van der Waals surface area contributed by atoms with Crippen LogP contribution in [0.1, 0.15) is 50.5 Å². The highest BCUT2D eigenvalue weighted by Crippen LogP contribution is 2.43. The number of hydrogen-bond donors (Lipinski definition) is 1. The largest absolute Gasteiger partial charge is 0.380 e. The lowest BCUT2D eigenvalue weighted by Crippen LogP contribution is -2.51. The van der Waals surface area contributed by atoms with Crippen molar-refractivity contribution in [3.05, 3.63) is 35.9 Å². The number of carbonyl (C=O) groups excluding carboxylic acids is 1. The predicted molar refractivity (Wildman–Crippen MR) is 93.6 cm³/mol. The zero-order chi connectivity index (χ0) is 16.4. The first-order valence-electron chi connectivity index (χ1n) is 9.43. The number of nitrogens with one attached hydrogen (secondary N) is 1. The van der Waals surface area contributed by atoms with Gasteiger partial charge in [0.2, 0.25) is 5.91 Å². The van der Waals surface area contributed by atoms with Crippen LogP contribution in [0.15, 0.2) is 30.3 Å². The summed E-state index contributed by atoms with van der Waals surface area (Å²) in [5.74, 6) is 0.342. The average Bonchev–Trinajstić information content (AvgIpc) is 3.22.